The average molecular weight is 456 g/mol. The van der Waals surface area contributed by atoms with Crippen LogP contribution in [0.3, 0.4) is 0 Å². The molecule has 7 nitrogen and oxygen atoms in total. The lowest BCUT2D eigenvalue weighted by Gasteiger charge is -2.33. The number of aryl methyl sites for hydroxylation is 1. The summed E-state index contributed by atoms with van der Waals surface area (Å²) in [6, 6.07) is 6.25. The van der Waals surface area contributed by atoms with Crippen LogP contribution >= 0.6 is 11.3 Å². The minimum Gasteiger partial charge on any atom is -0.395 e. The van der Waals surface area contributed by atoms with Gasteiger partial charge in [0.05, 0.1) is 24.2 Å². The lowest BCUT2D eigenvalue weighted by molar-refractivity contribution is 0.0221. The first kappa shape index (κ1) is 24.9. The standard InChI is InChI=1S/C21H33N3O4S2/c1-16-6-8-19(9-7-16)30(26,27)24(18(3)15-25)12-17(2)20(28-5)13-23(4)14-21-22-10-11-29-21/h6-11,17-18,20,25H,12-15H2,1-5H3/t17-,18-,20-/m0/s1. The van der Waals surface area contributed by atoms with E-state index in [0.717, 1.165) is 10.6 Å². The Morgan fingerprint density at radius 1 is 1.20 bits per heavy atom. The normalized spacial score (nSPS) is 15.5. The molecule has 2 rings (SSSR count). The third-order valence-corrected chi connectivity index (χ3v) is 7.93. The van der Waals surface area contributed by atoms with Crippen LogP contribution in [0.1, 0.15) is 24.4 Å². The van der Waals surface area contributed by atoms with E-state index in [1.807, 2.05) is 26.3 Å². The van der Waals surface area contributed by atoms with Crippen molar-refractivity contribution in [3.63, 3.8) is 0 Å². The zero-order valence-corrected chi connectivity index (χ0v) is 20.0. The maximum Gasteiger partial charge on any atom is 0.243 e. The van der Waals surface area contributed by atoms with Crippen LogP contribution in [0.4, 0.5) is 0 Å². The second-order valence-corrected chi connectivity index (χ2v) is 10.7. The Morgan fingerprint density at radius 2 is 1.87 bits per heavy atom. The molecule has 0 fully saturated rings. The Balaban J connectivity index is 2.14. The smallest absolute Gasteiger partial charge is 0.243 e. The molecule has 0 spiro atoms. The van der Waals surface area contributed by atoms with Crippen LogP contribution in [0.5, 0.6) is 0 Å². The molecule has 0 radical (unpaired) electrons. The number of sulfonamides is 1. The first-order valence-electron chi connectivity index (χ1n) is 9.98. The van der Waals surface area contributed by atoms with E-state index in [1.54, 1.807) is 55.8 Å². The molecule has 9 heteroatoms. The van der Waals surface area contributed by atoms with Gasteiger partial charge in [-0.1, -0.05) is 24.6 Å². The fourth-order valence-electron chi connectivity index (χ4n) is 3.27. The molecule has 0 aliphatic carbocycles. The lowest BCUT2D eigenvalue weighted by Crippen LogP contribution is -2.46. The quantitative estimate of drug-likeness (QED) is 0.530. The number of aliphatic hydroxyl groups excluding tert-OH is 1. The molecule has 0 bridgehead atoms. The zero-order chi connectivity index (χ0) is 22.3. The number of aromatic nitrogens is 1. The molecule has 0 saturated heterocycles. The van der Waals surface area contributed by atoms with E-state index in [1.165, 1.54) is 4.31 Å². The van der Waals surface area contributed by atoms with Crippen molar-refractivity contribution < 1.29 is 18.3 Å². The summed E-state index contributed by atoms with van der Waals surface area (Å²) in [4.78, 5) is 6.66. The summed E-state index contributed by atoms with van der Waals surface area (Å²) < 4.78 is 33.7. The molecule has 0 aliphatic rings. The van der Waals surface area contributed by atoms with E-state index in [2.05, 4.69) is 9.88 Å². The summed E-state index contributed by atoms with van der Waals surface area (Å²) >= 11 is 1.60. The Hall–Kier alpha value is -1.36. The number of nitrogens with zero attached hydrogens (tertiary/aromatic N) is 3. The van der Waals surface area contributed by atoms with E-state index in [-0.39, 0.29) is 30.1 Å². The van der Waals surface area contributed by atoms with Gasteiger partial charge in [-0.2, -0.15) is 4.31 Å². The zero-order valence-electron chi connectivity index (χ0n) is 18.4. The highest BCUT2D eigenvalue weighted by molar-refractivity contribution is 7.89. The number of rotatable bonds is 12. The van der Waals surface area contributed by atoms with Crippen molar-refractivity contribution in [2.24, 2.45) is 5.92 Å². The van der Waals surface area contributed by atoms with Crippen molar-refractivity contribution in [2.75, 3.05) is 33.9 Å². The van der Waals surface area contributed by atoms with E-state index in [9.17, 15) is 13.5 Å². The maximum absolute atomic E-state index is 13.3. The van der Waals surface area contributed by atoms with Crippen LogP contribution < -0.4 is 0 Å². The maximum atomic E-state index is 13.3. The second kappa shape index (κ2) is 11.3. The Morgan fingerprint density at radius 3 is 2.40 bits per heavy atom. The van der Waals surface area contributed by atoms with Gasteiger partial charge in [-0.05, 0) is 38.9 Å². The van der Waals surface area contributed by atoms with Gasteiger partial charge in [-0.3, -0.25) is 4.90 Å². The Kier molecular flexibility index (Phi) is 9.39. The number of aliphatic hydroxyl groups is 1. The summed E-state index contributed by atoms with van der Waals surface area (Å²) in [5, 5.41) is 12.7. The van der Waals surface area contributed by atoms with Crippen LogP contribution in [0, 0.1) is 12.8 Å². The van der Waals surface area contributed by atoms with E-state index >= 15 is 0 Å². The van der Waals surface area contributed by atoms with Crippen molar-refractivity contribution in [2.45, 2.75) is 44.4 Å². The first-order valence-corrected chi connectivity index (χ1v) is 12.3. The van der Waals surface area contributed by atoms with Gasteiger partial charge in [0, 0.05) is 37.8 Å². The number of hydrogen-bond donors (Lipinski definition) is 1. The van der Waals surface area contributed by atoms with Crippen LogP contribution in [0.25, 0.3) is 0 Å². The minimum atomic E-state index is -3.74. The van der Waals surface area contributed by atoms with Gasteiger partial charge in [-0.25, -0.2) is 13.4 Å². The van der Waals surface area contributed by atoms with Crippen molar-refractivity contribution in [1.29, 1.82) is 0 Å². The highest BCUT2D eigenvalue weighted by Crippen LogP contribution is 2.22. The summed E-state index contributed by atoms with van der Waals surface area (Å²) in [6.45, 7) is 6.97. The summed E-state index contributed by atoms with van der Waals surface area (Å²) in [7, 11) is -0.0968. The van der Waals surface area contributed by atoms with E-state index in [4.69, 9.17) is 4.74 Å². The van der Waals surface area contributed by atoms with Gasteiger partial charge in [0.15, 0.2) is 0 Å². The molecule has 3 atom stereocenters. The summed E-state index contributed by atoms with van der Waals surface area (Å²) in [5.41, 5.74) is 0.992. The van der Waals surface area contributed by atoms with Crippen LogP contribution in [-0.4, -0.2) is 73.7 Å². The molecular weight excluding hydrogens is 422 g/mol. The predicted octanol–water partition coefficient (Wildman–Crippen LogP) is 2.61. The molecule has 168 valence electrons. The van der Waals surface area contributed by atoms with Crippen molar-refractivity contribution in [3.05, 3.63) is 46.4 Å². The monoisotopic (exact) mass is 455 g/mol. The van der Waals surface area contributed by atoms with Crippen molar-refractivity contribution in [3.8, 4) is 0 Å². The predicted molar refractivity (Wildman–Crippen MR) is 120 cm³/mol. The average Bonchev–Trinajstić information content (AvgIpc) is 3.22. The van der Waals surface area contributed by atoms with Crippen molar-refractivity contribution >= 4 is 21.4 Å². The number of methoxy groups -OCH3 is 1. The number of benzene rings is 1. The Bertz CT molecular complexity index is 857. The number of ether oxygens (including phenoxy) is 1. The SMILES string of the molecule is CO[C@@H](CN(C)Cc1nccs1)[C@@H](C)CN([C@@H](C)CO)S(=O)(=O)c1ccc(C)cc1. The first-order chi connectivity index (χ1) is 14.2. The van der Waals surface area contributed by atoms with E-state index < -0.39 is 16.1 Å². The molecule has 30 heavy (non-hydrogen) atoms. The lowest BCUT2D eigenvalue weighted by atomic mass is 10.0. The molecule has 1 aromatic heterocycles. The second-order valence-electron chi connectivity index (χ2n) is 7.79. The fraction of sp³-hybridized carbons (Fsp3) is 0.571. The van der Waals surface area contributed by atoms with Gasteiger partial charge in [0.1, 0.15) is 5.01 Å². The minimum absolute atomic E-state index is 0.0806. The van der Waals surface area contributed by atoms with Gasteiger partial charge in [0.2, 0.25) is 10.0 Å². The van der Waals surface area contributed by atoms with Gasteiger partial charge in [-0.15, -0.1) is 11.3 Å². The molecule has 0 unspecified atom stereocenters. The topological polar surface area (TPSA) is 83.0 Å². The molecule has 0 saturated carbocycles. The highest BCUT2D eigenvalue weighted by atomic mass is 32.2. The molecule has 1 aromatic carbocycles. The molecule has 0 amide bonds. The molecule has 1 N–H and O–H groups in total. The van der Waals surface area contributed by atoms with Crippen molar-refractivity contribution in [1.82, 2.24) is 14.2 Å². The largest absolute Gasteiger partial charge is 0.395 e. The van der Waals surface area contributed by atoms with Gasteiger partial charge in [0.25, 0.3) is 0 Å². The van der Waals surface area contributed by atoms with Crippen LogP contribution in [0.15, 0.2) is 40.7 Å². The number of likely N-dealkylation sites (N-methyl/N-ethyl adjacent to an activating group) is 1. The number of thiazole rings is 1. The molecule has 1 heterocycles. The van der Waals surface area contributed by atoms with Gasteiger partial charge >= 0.3 is 0 Å². The Labute approximate surface area is 184 Å². The highest BCUT2D eigenvalue weighted by Gasteiger charge is 2.32. The van der Waals surface area contributed by atoms with Crippen LogP contribution in [0.2, 0.25) is 0 Å². The van der Waals surface area contributed by atoms with E-state index in [0.29, 0.717) is 13.1 Å². The van der Waals surface area contributed by atoms with Gasteiger partial charge < -0.3 is 9.84 Å². The molecule has 2 aromatic rings. The molecular formula is C21H33N3O4S2. The summed E-state index contributed by atoms with van der Waals surface area (Å²) in [5.74, 6) is -0.0806. The van der Waals surface area contributed by atoms with Crippen LogP contribution in [-0.2, 0) is 21.3 Å². The third kappa shape index (κ3) is 6.57. The fourth-order valence-corrected chi connectivity index (χ4v) is 5.69. The third-order valence-electron chi connectivity index (χ3n) is 5.17. The molecule has 0 aliphatic heterocycles. The number of hydrogen-bond acceptors (Lipinski definition) is 7. The summed E-state index contributed by atoms with van der Waals surface area (Å²) in [6.07, 6.45) is 1.62.